The number of hydrogen-bond donors (Lipinski definition) is 0. The molecule has 0 atom stereocenters. The maximum atomic E-state index is 11.9. The Hall–Kier alpha value is -3.03. The molecule has 4 aromatic rings. The molecule has 0 saturated carbocycles. The van der Waals surface area contributed by atoms with Crippen molar-refractivity contribution in [1.29, 1.82) is 0 Å². The zero-order valence-corrected chi connectivity index (χ0v) is 10.4. The summed E-state index contributed by atoms with van der Waals surface area (Å²) in [5.74, 6) is 0.316. The number of hydrogen-bond acceptors (Lipinski definition) is 6. The summed E-state index contributed by atoms with van der Waals surface area (Å²) in [5, 5.41) is 7.70. The van der Waals surface area contributed by atoms with E-state index in [4.69, 9.17) is 4.42 Å². The Morgan fingerprint density at radius 3 is 2.95 bits per heavy atom. The third-order valence-electron chi connectivity index (χ3n) is 3.00. The first-order chi connectivity index (χ1) is 9.74. The van der Waals surface area contributed by atoms with Crippen LogP contribution in [0.4, 0.5) is 0 Å². The fraction of sp³-hybridized carbons (Fsp3) is 0.0833. The van der Waals surface area contributed by atoms with Gasteiger partial charge in [-0.3, -0.25) is 0 Å². The summed E-state index contributed by atoms with van der Waals surface area (Å²) in [5.41, 5.74) is 1.76. The normalized spacial score (nSPS) is 11.4. The van der Waals surface area contributed by atoms with E-state index in [0.29, 0.717) is 22.8 Å². The zero-order valence-electron chi connectivity index (χ0n) is 10.4. The molecule has 0 spiro atoms. The van der Waals surface area contributed by atoms with E-state index in [9.17, 15) is 4.79 Å². The van der Waals surface area contributed by atoms with Crippen molar-refractivity contribution in [2.45, 2.75) is 0 Å². The first kappa shape index (κ1) is 10.9. The summed E-state index contributed by atoms with van der Waals surface area (Å²) >= 11 is 0. The Morgan fingerprint density at radius 1 is 1.25 bits per heavy atom. The van der Waals surface area contributed by atoms with E-state index >= 15 is 0 Å². The number of fused-ring (bicyclic) bond motifs is 2. The molecule has 3 heterocycles. The molecule has 0 radical (unpaired) electrons. The van der Waals surface area contributed by atoms with Crippen molar-refractivity contribution in [3.05, 3.63) is 41.1 Å². The Bertz CT molecular complexity index is 963. The molecule has 0 unspecified atom stereocenters. The maximum Gasteiger partial charge on any atom is 0.352 e. The Balaban J connectivity index is 2.02. The topological polar surface area (TPSA) is 91.1 Å². The molecule has 98 valence electrons. The van der Waals surface area contributed by atoms with Crippen molar-refractivity contribution in [1.82, 2.24) is 29.4 Å². The van der Waals surface area contributed by atoms with Gasteiger partial charge in [0.15, 0.2) is 16.9 Å². The van der Waals surface area contributed by atoms with Crippen LogP contribution in [0, 0.1) is 0 Å². The van der Waals surface area contributed by atoms with Crippen molar-refractivity contribution in [3.63, 3.8) is 0 Å². The number of benzene rings is 1. The second-order valence-electron chi connectivity index (χ2n) is 4.27. The third-order valence-corrected chi connectivity index (χ3v) is 3.00. The van der Waals surface area contributed by atoms with Crippen LogP contribution in [0.25, 0.3) is 28.3 Å². The van der Waals surface area contributed by atoms with Crippen molar-refractivity contribution < 1.29 is 4.42 Å². The summed E-state index contributed by atoms with van der Waals surface area (Å²) in [6.45, 7) is 0. The predicted molar refractivity (Wildman–Crippen MR) is 69.0 cm³/mol. The SMILES string of the molecule is Cn1nnc2c(-c3nc4ccccc4o3)ncn2c1=O. The summed E-state index contributed by atoms with van der Waals surface area (Å²) in [7, 11) is 1.52. The largest absolute Gasteiger partial charge is 0.435 e. The van der Waals surface area contributed by atoms with Crippen molar-refractivity contribution >= 4 is 16.7 Å². The Kier molecular flexibility index (Phi) is 2.02. The van der Waals surface area contributed by atoms with Crippen LogP contribution in [0.1, 0.15) is 0 Å². The molecule has 20 heavy (non-hydrogen) atoms. The predicted octanol–water partition coefficient (Wildman–Crippen LogP) is 0.631. The lowest BCUT2D eigenvalue weighted by Crippen LogP contribution is -2.26. The van der Waals surface area contributed by atoms with Crippen molar-refractivity contribution in [2.24, 2.45) is 7.05 Å². The molecule has 0 aliphatic heterocycles. The highest BCUT2D eigenvalue weighted by Gasteiger charge is 2.17. The minimum absolute atomic E-state index is 0.316. The van der Waals surface area contributed by atoms with Gasteiger partial charge in [0.2, 0.25) is 5.89 Å². The van der Waals surface area contributed by atoms with Crippen LogP contribution in [0.3, 0.4) is 0 Å². The van der Waals surface area contributed by atoms with Crippen LogP contribution in [0.15, 0.2) is 39.8 Å². The standard InChI is InChI=1S/C12H8N6O2/c1-17-12(19)18-6-13-9(10(18)15-16-17)11-14-7-4-2-3-5-8(7)20-11/h2-6H,1H3. The highest BCUT2D eigenvalue weighted by molar-refractivity contribution is 5.78. The lowest BCUT2D eigenvalue weighted by atomic mass is 10.3. The van der Waals surface area contributed by atoms with Gasteiger partial charge in [0.05, 0.1) is 0 Å². The van der Waals surface area contributed by atoms with E-state index in [-0.39, 0.29) is 5.69 Å². The maximum absolute atomic E-state index is 11.9. The minimum Gasteiger partial charge on any atom is -0.435 e. The summed E-state index contributed by atoms with van der Waals surface area (Å²) < 4.78 is 8.06. The van der Waals surface area contributed by atoms with Gasteiger partial charge in [0, 0.05) is 7.05 Å². The van der Waals surface area contributed by atoms with Gasteiger partial charge in [-0.05, 0) is 12.1 Å². The fourth-order valence-corrected chi connectivity index (χ4v) is 2.01. The van der Waals surface area contributed by atoms with Crippen molar-refractivity contribution in [2.75, 3.05) is 0 Å². The van der Waals surface area contributed by atoms with E-state index in [1.165, 1.54) is 17.8 Å². The number of imidazole rings is 1. The van der Waals surface area contributed by atoms with Crippen LogP contribution >= 0.6 is 0 Å². The first-order valence-electron chi connectivity index (χ1n) is 5.87. The quantitative estimate of drug-likeness (QED) is 0.503. The molecule has 1 aromatic carbocycles. The molecule has 0 aliphatic rings. The molecule has 0 amide bonds. The molecule has 3 aromatic heterocycles. The first-order valence-corrected chi connectivity index (χ1v) is 5.87. The molecular formula is C12H8N6O2. The van der Waals surface area contributed by atoms with E-state index in [1.807, 2.05) is 24.3 Å². The van der Waals surface area contributed by atoms with Crippen molar-refractivity contribution in [3.8, 4) is 11.6 Å². The number of nitrogens with zero attached hydrogens (tertiary/aromatic N) is 6. The molecule has 0 N–H and O–H groups in total. The highest BCUT2D eigenvalue weighted by atomic mass is 16.3. The lowest BCUT2D eigenvalue weighted by Gasteiger charge is -1.95. The van der Waals surface area contributed by atoms with Crippen LogP contribution in [0.2, 0.25) is 0 Å². The van der Waals surface area contributed by atoms with Gasteiger partial charge in [0.25, 0.3) is 0 Å². The lowest BCUT2D eigenvalue weighted by molar-refractivity contribution is 0.604. The highest BCUT2D eigenvalue weighted by Crippen LogP contribution is 2.24. The van der Waals surface area contributed by atoms with Crippen LogP contribution < -0.4 is 5.69 Å². The van der Waals surface area contributed by atoms with Gasteiger partial charge in [-0.1, -0.05) is 17.3 Å². The molecule has 0 fully saturated rings. The average Bonchev–Trinajstić information content (AvgIpc) is 3.06. The summed E-state index contributed by atoms with van der Waals surface area (Å²) in [6.07, 6.45) is 1.39. The van der Waals surface area contributed by atoms with Gasteiger partial charge in [-0.2, -0.15) is 4.68 Å². The molecule has 8 nitrogen and oxygen atoms in total. The molecule has 0 saturated heterocycles. The molecule has 4 rings (SSSR count). The second kappa shape index (κ2) is 3.73. The third kappa shape index (κ3) is 1.38. The van der Waals surface area contributed by atoms with Gasteiger partial charge < -0.3 is 4.42 Å². The minimum atomic E-state index is -0.329. The Labute approximate surface area is 111 Å². The fourth-order valence-electron chi connectivity index (χ4n) is 2.01. The monoisotopic (exact) mass is 268 g/mol. The molecule has 8 heteroatoms. The summed E-state index contributed by atoms with van der Waals surface area (Å²) in [6, 6.07) is 7.38. The number of aromatic nitrogens is 6. The number of para-hydroxylation sites is 2. The number of aryl methyl sites for hydroxylation is 1. The second-order valence-corrected chi connectivity index (χ2v) is 4.27. The van der Waals surface area contributed by atoms with E-state index < -0.39 is 0 Å². The molecular weight excluding hydrogens is 260 g/mol. The number of rotatable bonds is 1. The zero-order chi connectivity index (χ0) is 13.7. The van der Waals surface area contributed by atoms with Crippen LogP contribution in [-0.4, -0.2) is 29.4 Å². The van der Waals surface area contributed by atoms with E-state index in [0.717, 1.165) is 10.2 Å². The van der Waals surface area contributed by atoms with Gasteiger partial charge in [0.1, 0.15) is 11.8 Å². The van der Waals surface area contributed by atoms with Crippen LogP contribution in [-0.2, 0) is 7.05 Å². The Morgan fingerprint density at radius 2 is 2.10 bits per heavy atom. The molecule has 0 aliphatic carbocycles. The van der Waals surface area contributed by atoms with Crippen LogP contribution in [0.5, 0.6) is 0 Å². The number of oxazole rings is 1. The smallest absolute Gasteiger partial charge is 0.352 e. The molecule has 0 bridgehead atoms. The average molecular weight is 268 g/mol. The van der Waals surface area contributed by atoms with Gasteiger partial charge >= 0.3 is 5.69 Å². The van der Waals surface area contributed by atoms with E-state index in [2.05, 4.69) is 20.3 Å². The van der Waals surface area contributed by atoms with Gasteiger partial charge in [-0.15, -0.1) is 5.10 Å². The summed E-state index contributed by atoms with van der Waals surface area (Å²) in [4.78, 5) is 20.4. The van der Waals surface area contributed by atoms with E-state index in [1.54, 1.807) is 0 Å². The van der Waals surface area contributed by atoms with Gasteiger partial charge in [-0.25, -0.2) is 19.2 Å².